The molecular formula is C14H17N3O2. The molecule has 0 radical (unpaired) electrons. The number of hydrogen-bond donors (Lipinski definition) is 1. The van der Waals surface area contributed by atoms with Crippen LogP contribution in [0.2, 0.25) is 0 Å². The zero-order chi connectivity index (χ0) is 13.2. The Morgan fingerprint density at radius 3 is 2.95 bits per heavy atom. The van der Waals surface area contributed by atoms with Crippen LogP contribution in [0.4, 0.5) is 0 Å². The normalized spacial score (nSPS) is 19.2. The Balaban J connectivity index is 1.81. The number of benzene rings is 1. The molecule has 0 spiro atoms. The van der Waals surface area contributed by atoms with Crippen molar-refractivity contribution in [1.29, 1.82) is 0 Å². The molecule has 1 aromatic heterocycles. The number of para-hydroxylation sites is 2. The van der Waals surface area contributed by atoms with Crippen molar-refractivity contribution >= 4 is 0 Å². The van der Waals surface area contributed by atoms with Gasteiger partial charge in [-0.05, 0) is 25.1 Å². The lowest BCUT2D eigenvalue weighted by Crippen LogP contribution is -2.39. The average Bonchev–Trinajstić information content (AvgIpc) is 2.94. The topological polar surface area (TPSA) is 62.3 Å². The first-order valence-corrected chi connectivity index (χ1v) is 6.45. The smallest absolute Gasteiger partial charge is 0.161 e. The zero-order valence-corrected chi connectivity index (χ0v) is 10.8. The van der Waals surface area contributed by atoms with Crippen LogP contribution in [0, 0.1) is 0 Å². The molecule has 5 nitrogen and oxygen atoms in total. The van der Waals surface area contributed by atoms with E-state index in [9.17, 15) is 0 Å². The van der Waals surface area contributed by atoms with Gasteiger partial charge in [0.1, 0.15) is 6.61 Å². The van der Waals surface area contributed by atoms with Crippen LogP contribution in [0.15, 0.2) is 36.5 Å². The first-order chi connectivity index (χ1) is 9.29. The first kappa shape index (κ1) is 12.0. The lowest BCUT2D eigenvalue weighted by atomic mass is 10.1. The van der Waals surface area contributed by atoms with E-state index in [0.29, 0.717) is 6.61 Å². The molecule has 2 aromatic rings. The second-order valence-corrected chi connectivity index (χ2v) is 4.51. The van der Waals surface area contributed by atoms with Gasteiger partial charge in [0.15, 0.2) is 17.6 Å². The minimum atomic E-state index is -0.254. The fourth-order valence-corrected chi connectivity index (χ4v) is 2.29. The van der Waals surface area contributed by atoms with Crippen molar-refractivity contribution in [1.82, 2.24) is 9.78 Å². The molecule has 3 rings (SSSR count). The van der Waals surface area contributed by atoms with Crippen molar-refractivity contribution in [2.24, 2.45) is 5.73 Å². The summed E-state index contributed by atoms with van der Waals surface area (Å²) in [5, 5.41) is 4.24. The Hall–Kier alpha value is -2.01. The van der Waals surface area contributed by atoms with Crippen LogP contribution in [0.3, 0.4) is 0 Å². The quantitative estimate of drug-likeness (QED) is 0.912. The molecule has 0 saturated heterocycles. The van der Waals surface area contributed by atoms with E-state index in [1.807, 2.05) is 41.9 Å². The van der Waals surface area contributed by atoms with Crippen molar-refractivity contribution < 1.29 is 9.47 Å². The number of nitrogens with two attached hydrogens (primary N) is 1. The lowest BCUT2D eigenvalue weighted by Gasteiger charge is -2.30. The Morgan fingerprint density at radius 1 is 1.37 bits per heavy atom. The SMILES string of the molecule is CCn1nccc1C(N)C1COc2ccccc2O1. The molecule has 100 valence electrons. The maximum absolute atomic E-state index is 6.28. The second-order valence-electron chi connectivity index (χ2n) is 4.51. The van der Waals surface area contributed by atoms with Gasteiger partial charge in [-0.2, -0.15) is 5.10 Å². The zero-order valence-electron chi connectivity index (χ0n) is 10.8. The molecule has 5 heteroatoms. The number of ether oxygens (including phenoxy) is 2. The monoisotopic (exact) mass is 259 g/mol. The fraction of sp³-hybridized carbons (Fsp3) is 0.357. The summed E-state index contributed by atoms with van der Waals surface area (Å²) in [6.07, 6.45) is 1.56. The average molecular weight is 259 g/mol. The van der Waals surface area contributed by atoms with Gasteiger partial charge in [-0.3, -0.25) is 4.68 Å². The molecule has 0 bridgehead atoms. The summed E-state index contributed by atoms with van der Waals surface area (Å²) in [5.41, 5.74) is 7.25. The summed E-state index contributed by atoms with van der Waals surface area (Å²) in [5.74, 6) is 1.52. The number of aromatic nitrogens is 2. The van der Waals surface area contributed by atoms with Crippen molar-refractivity contribution in [3.8, 4) is 11.5 Å². The van der Waals surface area contributed by atoms with Crippen molar-refractivity contribution in [3.05, 3.63) is 42.2 Å². The highest BCUT2D eigenvalue weighted by Crippen LogP contribution is 2.33. The minimum Gasteiger partial charge on any atom is -0.486 e. The fourth-order valence-electron chi connectivity index (χ4n) is 2.29. The van der Waals surface area contributed by atoms with Gasteiger partial charge in [-0.1, -0.05) is 12.1 Å². The van der Waals surface area contributed by atoms with E-state index in [-0.39, 0.29) is 12.1 Å². The maximum Gasteiger partial charge on any atom is 0.161 e. The number of aryl methyl sites for hydroxylation is 1. The van der Waals surface area contributed by atoms with Crippen molar-refractivity contribution in [3.63, 3.8) is 0 Å². The summed E-state index contributed by atoms with van der Waals surface area (Å²) in [6, 6.07) is 9.31. The standard InChI is InChI=1S/C14H17N3O2/c1-2-17-10(7-8-16-17)14(15)13-9-18-11-5-3-4-6-12(11)19-13/h3-8,13-14H,2,9,15H2,1H3. The maximum atomic E-state index is 6.28. The summed E-state index contributed by atoms with van der Waals surface area (Å²) in [7, 11) is 0. The summed E-state index contributed by atoms with van der Waals surface area (Å²) >= 11 is 0. The Kier molecular flexibility index (Phi) is 3.13. The first-order valence-electron chi connectivity index (χ1n) is 6.45. The van der Waals surface area contributed by atoms with Crippen LogP contribution < -0.4 is 15.2 Å². The lowest BCUT2D eigenvalue weighted by molar-refractivity contribution is 0.0700. The van der Waals surface area contributed by atoms with E-state index in [1.165, 1.54) is 0 Å². The molecule has 0 fully saturated rings. The van der Waals surface area contributed by atoms with Crippen LogP contribution in [-0.2, 0) is 6.54 Å². The van der Waals surface area contributed by atoms with Gasteiger partial charge in [0.25, 0.3) is 0 Å². The van der Waals surface area contributed by atoms with E-state index < -0.39 is 0 Å². The van der Waals surface area contributed by atoms with Gasteiger partial charge in [0, 0.05) is 12.7 Å². The second kappa shape index (κ2) is 4.93. The number of hydrogen-bond acceptors (Lipinski definition) is 4. The predicted octanol–water partition coefficient (Wildman–Crippen LogP) is 1.74. The third-order valence-corrected chi connectivity index (χ3v) is 3.32. The molecule has 1 aliphatic heterocycles. The molecule has 0 amide bonds. The Labute approximate surface area is 111 Å². The minimum absolute atomic E-state index is 0.197. The van der Waals surface area contributed by atoms with Crippen LogP contribution in [0.25, 0.3) is 0 Å². The molecule has 1 aliphatic rings. The van der Waals surface area contributed by atoms with E-state index in [4.69, 9.17) is 15.2 Å². The highest BCUT2D eigenvalue weighted by Gasteiger charge is 2.29. The third-order valence-electron chi connectivity index (χ3n) is 3.32. The largest absolute Gasteiger partial charge is 0.486 e. The Morgan fingerprint density at radius 2 is 2.16 bits per heavy atom. The number of nitrogens with zero attached hydrogens (tertiary/aromatic N) is 2. The van der Waals surface area contributed by atoms with Crippen LogP contribution >= 0.6 is 0 Å². The summed E-state index contributed by atoms with van der Waals surface area (Å²) < 4.78 is 13.5. The highest BCUT2D eigenvalue weighted by molar-refractivity contribution is 5.41. The van der Waals surface area contributed by atoms with Crippen molar-refractivity contribution in [2.45, 2.75) is 25.6 Å². The number of fused-ring (bicyclic) bond motifs is 1. The van der Waals surface area contributed by atoms with E-state index in [2.05, 4.69) is 5.10 Å². The molecular weight excluding hydrogens is 242 g/mol. The molecule has 2 atom stereocenters. The Bertz CT molecular complexity index is 567. The molecule has 0 aliphatic carbocycles. The van der Waals surface area contributed by atoms with E-state index in [1.54, 1.807) is 6.20 Å². The molecule has 2 N–H and O–H groups in total. The van der Waals surface area contributed by atoms with Gasteiger partial charge >= 0.3 is 0 Å². The van der Waals surface area contributed by atoms with Gasteiger partial charge in [-0.15, -0.1) is 0 Å². The van der Waals surface area contributed by atoms with E-state index in [0.717, 1.165) is 23.7 Å². The number of rotatable bonds is 3. The van der Waals surface area contributed by atoms with Gasteiger partial charge in [0.05, 0.1) is 11.7 Å². The van der Waals surface area contributed by atoms with Crippen LogP contribution in [0.5, 0.6) is 11.5 Å². The molecule has 2 heterocycles. The molecule has 2 unspecified atom stereocenters. The molecule has 0 saturated carbocycles. The van der Waals surface area contributed by atoms with E-state index >= 15 is 0 Å². The summed E-state index contributed by atoms with van der Waals surface area (Å²) in [6.45, 7) is 3.28. The van der Waals surface area contributed by atoms with Gasteiger partial charge in [0.2, 0.25) is 0 Å². The van der Waals surface area contributed by atoms with Crippen LogP contribution in [0.1, 0.15) is 18.7 Å². The predicted molar refractivity (Wildman–Crippen MR) is 71.2 cm³/mol. The highest BCUT2D eigenvalue weighted by atomic mass is 16.6. The van der Waals surface area contributed by atoms with Gasteiger partial charge in [-0.25, -0.2) is 0 Å². The van der Waals surface area contributed by atoms with Crippen molar-refractivity contribution in [2.75, 3.05) is 6.61 Å². The molecule has 19 heavy (non-hydrogen) atoms. The van der Waals surface area contributed by atoms with Gasteiger partial charge < -0.3 is 15.2 Å². The van der Waals surface area contributed by atoms with Crippen LogP contribution in [-0.4, -0.2) is 22.5 Å². The third kappa shape index (κ3) is 2.17. The molecule has 1 aromatic carbocycles. The summed E-state index contributed by atoms with van der Waals surface area (Å²) in [4.78, 5) is 0.